The molecule has 0 N–H and O–H groups in total. The fourth-order valence-electron chi connectivity index (χ4n) is 1.44. The van der Waals surface area contributed by atoms with Crippen LogP contribution in [-0.2, 0) is 11.2 Å². The molecule has 0 bridgehead atoms. The van der Waals surface area contributed by atoms with Gasteiger partial charge >= 0.3 is 5.97 Å². The van der Waals surface area contributed by atoms with E-state index in [1.54, 1.807) is 11.3 Å². The quantitative estimate of drug-likeness (QED) is 0.575. The van der Waals surface area contributed by atoms with Crippen molar-refractivity contribution in [2.75, 3.05) is 0 Å². The number of ether oxygens (including phenoxy) is 1. The molecule has 1 aromatic heterocycles. The van der Waals surface area contributed by atoms with E-state index < -0.39 is 0 Å². The highest BCUT2D eigenvalue weighted by Gasteiger charge is 2.25. The SMILES string of the molecule is Cc1cc2c(s1)CC(C)OC2=O. The van der Waals surface area contributed by atoms with Gasteiger partial charge in [0.25, 0.3) is 0 Å². The van der Waals surface area contributed by atoms with Crippen molar-refractivity contribution in [3.8, 4) is 0 Å². The number of hydrogen-bond acceptors (Lipinski definition) is 3. The molecule has 0 radical (unpaired) electrons. The standard InChI is InChI=1S/C9H10O2S/c1-5-3-8-7(9(10)11-5)4-6(2)12-8/h4-5H,3H2,1-2H3. The molecule has 2 nitrogen and oxygen atoms in total. The van der Waals surface area contributed by atoms with Crippen molar-refractivity contribution in [1.82, 2.24) is 0 Å². The average molecular weight is 182 g/mol. The Hall–Kier alpha value is -0.830. The Morgan fingerprint density at radius 3 is 3.17 bits per heavy atom. The fourth-order valence-corrected chi connectivity index (χ4v) is 2.57. The Balaban J connectivity index is 2.46. The second-order valence-corrected chi connectivity index (χ2v) is 4.45. The molecule has 0 aromatic carbocycles. The summed E-state index contributed by atoms with van der Waals surface area (Å²) in [6.45, 7) is 3.94. The third kappa shape index (κ3) is 1.14. The summed E-state index contributed by atoms with van der Waals surface area (Å²) in [6, 6.07) is 1.91. The lowest BCUT2D eigenvalue weighted by molar-refractivity contribution is 0.0306. The van der Waals surface area contributed by atoms with E-state index in [0.717, 1.165) is 12.0 Å². The average Bonchev–Trinajstić information content (AvgIpc) is 2.29. The van der Waals surface area contributed by atoms with Gasteiger partial charge in [0.05, 0.1) is 5.56 Å². The predicted molar refractivity (Wildman–Crippen MR) is 47.6 cm³/mol. The number of carbonyl (C=O) groups excluding carboxylic acids is 1. The summed E-state index contributed by atoms with van der Waals surface area (Å²) < 4.78 is 5.09. The maximum Gasteiger partial charge on any atom is 0.339 e. The number of fused-ring (bicyclic) bond motifs is 1. The van der Waals surface area contributed by atoms with Crippen LogP contribution in [0.5, 0.6) is 0 Å². The normalized spacial score (nSPS) is 21.8. The van der Waals surface area contributed by atoms with Crippen molar-refractivity contribution in [2.24, 2.45) is 0 Å². The molecule has 1 atom stereocenters. The van der Waals surface area contributed by atoms with Crippen molar-refractivity contribution in [3.63, 3.8) is 0 Å². The molecule has 0 fully saturated rings. The Kier molecular flexibility index (Phi) is 1.68. The van der Waals surface area contributed by atoms with Crippen molar-refractivity contribution < 1.29 is 9.53 Å². The van der Waals surface area contributed by atoms with E-state index in [2.05, 4.69) is 0 Å². The number of hydrogen-bond donors (Lipinski definition) is 0. The second kappa shape index (κ2) is 2.59. The van der Waals surface area contributed by atoms with Crippen LogP contribution >= 0.6 is 11.3 Å². The molecule has 0 spiro atoms. The van der Waals surface area contributed by atoms with Gasteiger partial charge in [0.2, 0.25) is 0 Å². The molecule has 3 heteroatoms. The van der Waals surface area contributed by atoms with Crippen LogP contribution in [0.25, 0.3) is 0 Å². The Morgan fingerprint density at radius 1 is 1.67 bits per heavy atom. The fraction of sp³-hybridized carbons (Fsp3) is 0.444. The summed E-state index contributed by atoms with van der Waals surface area (Å²) in [5, 5.41) is 0. The van der Waals surface area contributed by atoms with E-state index in [4.69, 9.17) is 4.74 Å². The first-order valence-corrected chi connectivity index (χ1v) is 4.79. The summed E-state index contributed by atoms with van der Waals surface area (Å²) in [6.07, 6.45) is 0.919. The minimum atomic E-state index is -0.159. The highest BCUT2D eigenvalue weighted by atomic mass is 32.1. The molecule has 1 aliphatic rings. The zero-order valence-electron chi connectivity index (χ0n) is 7.09. The lowest BCUT2D eigenvalue weighted by atomic mass is 10.1. The van der Waals surface area contributed by atoms with Crippen LogP contribution in [0.4, 0.5) is 0 Å². The highest BCUT2D eigenvalue weighted by molar-refractivity contribution is 7.12. The molecule has 0 saturated carbocycles. The molecule has 12 heavy (non-hydrogen) atoms. The molecule has 2 heterocycles. The first-order chi connectivity index (χ1) is 5.66. The van der Waals surface area contributed by atoms with Gasteiger partial charge in [-0.3, -0.25) is 0 Å². The van der Waals surface area contributed by atoms with E-state index in [1.165, 1.54) is 9.75 Å². The van der Waals surface area contributed by atoms with Gasteiger partial charge in [-0.25, -0.2) is 4.79 Å². The van der Waals surface area contributed by atoms with Gasteiger partial charge in [-0.05, 0) is 19.9 Å². The molecule has 0 saturated heterocycles. The largest absolute Gasteiger partial charge is 0.459 e. The van der Waals surface area contributed by atoms with Gasteiger partial charge in [-0.2, -0.15) is 0 Å². The van der Waals surface area contributed by atoms with Gasteiger partial charge in [0, 0.05) is 16.2 Å². The molecule has 0 amide bonds. The first kappa shape index (κ1) is 7.80. The maximum absolute atomic E-state index is 11.3. The molecular weight excluding hydrogens is 172 g/mol. The van der Waals surface area contributed by atoms with E-state index in [9.17, 15) is 4.79 Å². The van der Waals surface area contributed by atoms with Gasteiger partial charge < -0.3 is 4.74 Å². The smallest absolute Gasteiger partial charge is 0.339 e. The number of cyclic esters (lactones) is 1. The second-order valence-electron chi connectivity index (χ2n) is 3.11. The zero-order valence-corrected chi connectivity index (χ0v) is 7.90. The van der Waals surface area contributed by atoms with Crippen molar-refractivity contribution in [3.05, 3.63) is 21.4 Å². The van der Waals surface area contributed by atoms with Crippen LogP contribution < -0.4 is 0 Å². The van der Waals surface area contributed by atoms with Crippen LogP contribution in [0.15, 0.2) is 6.07 Å². The number of rotatable bonds is 0. The van der Waals surface area contributed by atoms with E-state index in [0.29, 0.717) is 0 Å². The van der Waals surface area contributed by atoms with E-state index in [-0.39, 0.29) is 12.1 Å². The topological polar surface area (TPSA) is 26.3 Å². The highest BCUT2D eigenvalue weighted by Crippen LogP contribution is 2.28. The summed E-state index contributed by atoms with van der Waals surface area (Å²) in [5.74, 6) is -0.159. The van der Waals surface area contributed by atoms with Gasteiger partial charge in [-0.1, -0.05) is 0 Å². The number of carbonyl (C=O) groups is 1. The summed E-state index contributed by atoms with van der Waals surface area (Å²) in [4.78, 5) is 13.7. The lowest BCUT2D eigenvalue weighted by Crippen LogP contribution is -2.23. The van der Waals surface area contributed by atoms with Crippen LogP contribution in [-0.4, -0.2) is 12.1 Å². The Labute approximate surface area is 75.2 Å². The molecule has 2 rings (SSSR count). The first-order valence-electron chi connectivity index (χ1n) is 3.97. The molecule has 1 aromatic rings. The van der Waals surface area contributed by atoms with Gasteiger partial charge in [-0.15, -0.1) is 11.3 Å². The minimum Gasteiger partial charge on any atom is -0.459 e. The van der Waals surface area contributed by atoms with Crippen molar-refractivity contribution in [1.29, 1.82) is 0 Å². The summed E-state index contributed by atoms with van der Waals surface area (Å²) in [7, 11) is 0. The lowest BCUT2D eigenvalue weighted by Gasteiger charge is -2.17. The zero-order chi connectivity index (χ0) is 8.72. The number of aryl methyl sites for hydroxylation is 1. The van der Waals surface area contributed by atoms with Gasteiger partial charge in [0.15, 0.2) is 0 Å². The Morgan fingerprint density at radius 2 is 2.42 bits per heavy atom. The van der Waals surface area contributed by atoms with E-state index >= 15 is 0 Å². The Bertz CT molecular complexity index is 327. The summed E-state index contributed by atoms with van der Waals surface area (Å²) in [5.41, 5.74) is 0.774. The number of thiophene rings is 1. The summed E-state index contributed by atoms with van der Waals surface area (Å²) >= 11 is 1.70. The number of esters is 1. The van der Waals surface area contributed by atoms with Gasteiger partial charge in [0.1, 0.15) is 6.10 Å². The molecular formula is C9H10O2S. The van der Waals surface area contributed by atoms with Crippen LogP contribution in [0, 0.1) is 6.92 Å². The van der Waals surface area contributed by atoms with Crippen molar-refractivity contribution in [2.45, 2.75) is 26.4 Å². The van der Waals surface area contributed by atoms with Crippen LogP contribution in [0.2, 0.25) is 0 Å². The third-order valence-electron chi connectivity index (χ3n) is 1.93. The maximum atomic E-state index is 11.3. The van der Waals surface area contributed by atoms with Crippen LogP contribution in [0.1, 0.15) is 27.0 Å². The monoisotopic (exact) mass is 182 g/mol. The molecule has 64 valence electrons. The minimum absolute atomic E-state index is 0.0445. The van der Waals surface area contributed by atoms with Crippen molar-refractivity contribution >= 4 is 17.3 Å². The molecule has 1 aliphatic heterocycles. The molecule has 1 unspecified atom stereocenters. The molecule has 0 aliphatic carbocycles. The van der Waals surface area contributed by atoms with Crippen LogP contribution in [0.3, 0.4) is 0 Å². The third-order valence-corrected chi connectivity index (χ3v) is 3.01. The van der Waals surface area contributed by atoms with E-state index in [1.807, 2.05) is 19.9 Å². The predicted octanol–water partition coefficient (Wildman–Crippen LogP) is 2.16.